The summed E-state index contributed by atoms with van der Waals surface area (Å²) in [6.07, 6.45) is -4.45. The van der Waals surface area contributed by atoms with Crippen LogP contribution >= 0.6 is 0 Å². The van der Waals surface area contributed by atoms with Gasteiger partial charge in [-0.05, 0) is 0 Å². The van der Waals surface area contributed by atoms with Crippen LogP contribution in [-0.2, 0) is 9.59 Å². The largest absolute Gasteiger partial charge is 0.401 e. The van der Waals surface area contributed by atoms with Crippen LogP contribution in [0.2, 0.25) is 0 Å². The van der Waals surface area contributed by atoms with Gasteiger partial charge in [0.15, 0.2) is 0 Å². The molecule has 0 radical (unpaired) electrons. The molecule has 9 heteroatoms. The summed E-state index contributed by atoms with van der Waals surface area (Å²) in [5, 5.41) is 8.55. The maximum atomic E-state index is 12.1. The Hall–Kier alpha value is -1.35. The van der Waals surface area contributed by atoms with Gasteiger partial charge in [0.2, 0.25) is 5.91 Å². The molecule has 0 aromatic carbocycles. The molecule has 0 unspecified atom stereocenters. The molecule has 100 valence electrons. The lowest BCUT2D eigenvalue weighted by atomic mass is 10.4. The third-order valence-electron chi connectivity index (χ3n) is 1.56. The molecule has 0 aliphatic carbocycles. The van der Waals surface area contributed by atoms with Gasteiger partial charge in [-0.2, -0.15) is 13.2 Å². The number of hydrogen-bond acceptors (Lipinski definition) is 4. The van der Waals surface area contributed by atoms with Gasteiger partial charge < -0.3 is 5.11 Å². The highest BCUT2D eigenvalue weighted by atomic mass is 19.4. The summed E-state index contributed by atoms with van der Waals surface area (Å²) in [6, 6.07) is 0. The van der Waals surface area contributed by atoms with Crippen molar-refractivity contribution in [3.05, 3.63) is 0 Å². The van der Waals surface area contributed by atoms with E-state index in [1.54, 1.807) is 0 Å². The smallest absolute Gasteiger partial charge is 0.395 e. The third-order valence-corrected chi connectivity index (χ3v) is 1.56. The fourth-order valence-corrected chi connectivity index (χ4v) is 1.01. The van der Waals surface area contributed by atoms with Crippen LogP contribution in [0.15, 0.2) is 0 Å². The minimum atomic E-state index is -4.45. The van der Waals surface area contributed by atoms with Crippen molar-refractivity contribution in [3.8, 4) is 0 Å². The normalized spacial score (nSPS) is 11.4. The fraction of sp³-hybridized carbons (Fsp3) is 0.750. The molecular weight excluding hydrogens is 243 g/mol. The van der Waals surface area contributed by atoms with Crippen molar-refractivity contribution in [1.82, 2.24) is 15.8 Å². The molecule has 0 aliphatic heterocycles. The van der Waals surface area contributed by atoms with Gasteiger partial charge >= 0.3 is 6.18 Å². The van der Waals surface area contributed by atoms with Gasteiger partial charge in [0, 0.05) is 13.5 Å². The average Bonchev–Trinajstić information content (AvgIpc) is 2.12. The standard InChI is InChI=1S/C8H14F3N3O3/c1-6(16)12-13-7(17)4-14(2-3-15)5-8(9,10)11/h15H,2-5H2,1H3,(H,12,16)(H,13,17). The van der Waals surface area contributed by atoms with Crippen LogP contribution in [-0.4, -0.2) is 54.2 Å². The van der Waals surface area contributed by atoms with Crippen molar-refractivity contribution in [2.24, 2.45) is 0 Å². The van der Waals surface area contributed by atoms with Gasteiger partial charge in [0.25, 0.3) is 5.91 Å². The van der Waals surface area contributed by atoms with E-state index >= 15 is 0 Å². The second kappa shape index (κ2) is 7.07. The van der Waals surface area contributed by atoms with E-state index in [1.807, 2.05) is 10.9 Å². The van der Waals surface area contributed by atoms with E-state index < -0.39 is 37.7 Å². The lowest BCUT2D eigenvalue weighted by Crippen LogP contribution is -2.48. The Morgan fingerprint density at radius 1 is 1.29 bits per heavy atom. The number of nitrogens with one attached hydrogen (secondary N) is 2. The molecule has 0 bridgehead atoms. The minimum absolute atomic E-state index is 0.285. The maximum absolute atomic E-state index is 12.1. The summed E-state index contributed by atoms with van der Waals surface area (Å²) >= 11 is 0. The van der Waals surface area contributed by atoms with Crippen molar-refractivity contribution in [1.29, 1.82) is 0 Å². The summed E-state index contributed by atoms with van der Waals surface area (Å²) in [5.74, 6) is -1.33. The average molecular weight is 257 g/mol. The summed E-state index contributed by atoms with van der Waals surface area (Å²) in [6.45, 7) is -1.51. The van der Waals surface area contributed by atoms with Crippen molar-refractivity contribution in [2.75, 3.05) is 26.2 Å². The summed E-state index contributed by atoms with van der Waals surface area (Å²) < 4.78 is 36.2. The molecular formula is C8H14F3N3O3. The van der Waals surface area contributed by atoms with Crippen molar-refractivity contribution >= 4 is 11.8 Å². The van der Waals surface area contributed by atoms with Gasteiger partial charge in [0.1, 0.15) is 0 Å². The van der Waals surface area contributed by atoms with E-state index in [1.165, 1.54) is 0 Å². The zero-order valence-electron chi connectivity index (χ0n) is 9.17. The molecule has 0 saturated carbocycles. The third kappa shape index (κ3) is 9.57. The highest BCUT2D eigenvalue weighted by Gasteiger charge is 2.31. The molecule has 17 heavy (non-hydrogen) atoms. The monoisotopic (exact) mass is 257 g/mol. The number of carbonyl (C=O) groups is 2. The molecule has 0 aliphatic rings. The van der Waals surface area contributed by atoms with Crippen LogP contribution in [0.1, 0.15) is 6.92 Å². The number of amides is 2. The van der Waals surface area contributed by atoms with Gasteiger partial charge in [-0.3, -0.25) is 25.3 Å². The summed E-state index contributed by atoms with van der Waals surface area (Å²) in [4.78, 5) is 22.3. The number of hydrazine groups is 1. The lowest BCUT2D eigenvalue weighted by Gasteiger charge is -2.21. The highest BCUT2D eigenvalue weighted by molar-refractivity contribution is 5.81. The predicted octanol–water partition coefficient (Wildman–Crippen LogP) is -0.990. The first kappa shape index (κ1) is 15.7. The van der Waals surface area contributed by atoms with Crippen LogP contribution < -0.4 is 10.9 Å². The van der Waals surface area contributed by atoms with Crippen LogP contribution in [0.4, 0.5) is 13.2 Å². The van der Waals surface area contributed by atoms with E-state index in [0.717, 1.165) is 11.8 Å². The summed E-state index contributed by atoms with van der Waals surface area (Å²) in [7, 11) is 0. The Morgan fingerprint density at radius 3 is 2.29 bits per heavy atom. The van der Waals surface area contributed by atoms with Crippen LogP contribution in [0, 0.1) is 0 Å². The van der Waals surface area contributed by atoms with Crippen LogP contribution in [0.3, 0.4) is 0 Å². The Kier molecular flexibility index (Phi) is 6.51. The molecule has 0 rings (SSSR count). The SMILES string of the molecule is CC(=O)NNC(=O)CN(CCO)CC(F)(F)F. The molecule has 0 aromatic heterocycles. The molecule has 0 saturated heterocycles. The second-order valence-electron chi connectivity index (χ2n) is 3.28. The molecule has 2 amide bonds. The quantitative estimate of drug-likeness (QED) is 0.552. The summed E-state index contributed by atoms with van der Waals surface area (Å²) in [5.41, 5.74) is 3.87. The fourth-order valence-electron chi connectivity index (χ4n) is 1.01. The number of hydrogen-bond donors (Lipinski definition) is 3. The first-order chi connectivity index (χ1) is 7.74. The molecule has 0 heterocycles. The van der Waals surface area contributed by atoms with Gasteiger partial charge in [-0.15, -0.1) is 0 Å². The molecule has 0 aromatic rings. The van der Waals surface area contributed by atoms with Crippen LogP contribution in [0.5, 0.6) is 0 Å². The number of carbonyl (C=O) groups excluding carboxylic acids is 2. The number of aliphatic hydroxyl groups is 1. The van der Waals surface area contributed by atoms with Crippen molar-refractivity contribution < 1.29 is 27.9 Å². The Bertz CT molecular complexity index is 270. The van der Waals surface area contributed by atoms with Gasteiger partial charge in [-0.1, -0.05) is 0 Å². The topological polar surface area (TPSA) is 81.7 Å². The van der Waals surface area contributed by atoms with Crippen molar-refractivity contribution in [3.63, 3.8) is 0 Å². The van der Waals surface area contributed by atoms with E-state index in [0.29, 0.717) is 0 Å². The lowest BCUT2D eigenvalue weighted by molar-refractivity contribution is -0.150. The maximum Gasteiger partial charge on any atom is 0.401 e. The number of nitrogens with zero attached hydrogens (tertiary/aromatic N) is 1. The molecule has 0 atom stereocenters. The molecule has 0 spiro atoms. The van der Waals surface area contributed by atoms with E-state index in [9.17, 15) is 22.8 Å². The Labute approximate surface area is 95.7 Å². The number of alkyl halides is 3. The number of rotatable bonds is 5. The predicted molar refractivity (Wildman–Crippen MR) is 51.5 cm³/mol. The van der Waals surface area contributed by atoms with Crippen molar-refractivity contribution in [2.45, 2.75) is 13.1 Å². The zero-order valence-corrected chi connectivity index (χ0v) is 9.17. The van der Waals surface area contributed by atoms with Crippen LogP contribution in [0.25, 0.3) is 0 Å². The minimum Gasteiger partial charge on any atom is -0.395 e. The van der Waals surface area contributed by atoms with Gasteiger partial charge in [-0.25, -0.2) is 0 Å². The molecule has 0 fully saturated rings. The molecule has 3 N–H and O–H groups in total. The van der Waals surface area contributed by atoms with E-state index in [-0.39, 0.29) is 6.54 Å². The number of aliphatic hydroxyl groups excluding tert-OH is 1. The first-order valence-corrected chi connectivity index (χ1v) is 4.70. The second-order valence-corrected chi connectivity index (χ2v) is 3.28. The van der Waals surface area contributed by atoms with Gasteiger partial charge in [0.05, 0.1) is 19.7 Å². The first-order valence-electron chi connectivity index (χ1n) is 4.70. The Morgan fingerprint density at radius 2 is 1.88 bits per heavy atom. The Balaban J connectivity index is 4.15. The molecule has 6 nitrogen and oxygen atoms in total. The zero-order chi connectivity index (χ0) is 13.5. The highest BCUT2D eigenvalue weighted by Crippen LogP contribution is 2.15. The number of halogens is 3. The van der Waals surface area contributed by atoms with E-state index in [2.05, 4.69) is 0 Å². The van der Waals surface area contributed by atoms with E-state index in [4.69, 9.17) is 5.11 Å².